The van der Waals surface area contributed by atoms with Crippen LogP contribution in [0.1, 0.15) is 16.2 Å². The maximum atomic E-state index is 12.8. The van der Waals surface area contributed by atoms with Crippen molar-refractivity contribution in [3.8, 4) is 0 Å². The van der Waals surface area contributed by atoms with Gasteiger partial charge >= 0.3 is 0 Å². The normalized spacial score (nSPS) is 14.2. The summed E-state index contributed by atoms with van der Waals surface area (Å²) < 4.78 is 0. The summed E-state index contributed by atoms with van der Waals surface area (Å²) in [6, 6.07) is 13.0. The van der Waals surface area contributed by atoms with E-state index in [2.05, 4.69) is 20.6 Å². The Morgan fingerprint density at radius 3 is 2.59 bits per heavy atom. The number of pyridine rings is 1. The van der Waals surface area contributed by atoms with Crippen LogP contribution in [0, 0.1) is 0 Å². The molecule has 32 heavy (non-hydrogen) atoms. The molecule has 8 nitrogen and oxygen atoms in total. The summed E-state index contributed by atoms with van der Waals surface area (Å²) in [5.41, 5.74) is 1.98. The van der Waals surface area contributed by atoms with Crippen molar-refractivity contribution in [2.24, 2.45) is 0 Å². The zero-order valence-corrected chi connectivity index (χ0v) is 18.9. The average molecular weight is 471 g/mol. The fraction of sp³-hybridized carbons (Fsp3) is 0.273. The number of halogens is 1. The summed E-state index contributed by atoms with van der Waals surface area (Å²) >= 11 is 7.53. The Kier molecular flexibility index (Phi) is 7.31. The van der Waals surface area contributed by atoms with E-state index in [0.29, 0.717) is 55.1 Å². The molecule has 1 fully saturated rings. The fourth-order valence-corrected chi connectivity index (χ4v) is 4.21. The molecule has 0 bridgehead atoms. The summed E-state index contributed by atoms with van der Waals surface area (Å²) in [5, 5.41) is 8.99. The van der Waals surface area contributed by atoms with E-state index in [9.17, 15) is 9.59 Å². The Labute approximate surface area is 195 Å². The molecule has 0 spiro atoms. The van der Waals surface area contributed by atoms with Crippen LogP contribution in [0.3, 0.4) is 0 Å². The molecule has 0 aliphatic carbocycles. The minimum absolute atomic E-state index is 0.0507. The molecule has 1 saturated heterocycles. The Hall–Kier alpha value is -3.01. The Morgan fingerprint density at radius 2 is 1.84 bits per heavy atom. The highest BCUT2D eigenvalue weighted by Gasteiger charge is 2.25. The minimum Gasteiger partial charge on any atom is -0.349 e. The first-order valence-corrected chi connectivity index (χ1v) is 11.5. The molecule has 3 aromatic rings. The van der Waals surface area contributed by atoms with Gasteiger partial charge in [-0.1, -0.05) is 29.8 Å². The lowest BCUT2D eigenvalue weighted by molar-refractivity contribution is -0.122. The van der Waals surface area contributed by atoms with Gasteiger partial charge < -0.3 is 15.5 Å². The number of nitrogens with one attached hydrogen (secondary N) is 2. The van der Waals surface area contributed by atoms with Crippen LogP contribution in [0.25, 0.3) is 0 Å². The van der Waals surface area contributed by atoms with E-state index in [1.54, 1.807) is 22.5 Å². The molecule has 0 unspecified atom stereocenters. The van der Waals surface area contributed by atoms with E-state index in [-0.39, 0.29) is 11.8 Å². The summed E-state index contributed by atoms with van der Waals surface area (Å²) in [7, 11) is 0. The molecule has 3 heterocycles. The van der Waals surface area contributed by atoms with Crippen molar-refractivity contribution in [2.75, 3.05) is 38.0 Å². The molecule has 10 heteroatoms. The number of anilines is 2. The predicted molar refractivity (Wildman–Crippen MR) is 125 cm³/mol. The van der Waals surface area contributed by atoms with Crippen LogP contribution in [0.5, 0.6) is 0 Å². The zero-order chi connectivity index (χ0) is 22.3. The molecule has 1 aliphatic heterocycles. The largest absolute Gasteiger partial charge is 0.349 e. The third kappa shape index (κ3) is 5.82. The van der Waals surface area contributed by atoms with Crippen molar-refractivity contribution in [3.63, 3.8) is 0 Å². The Morgan fingerprint density at radius 1 is 1.06 bits per heavy atom. The predicted octanol–water partition coefficient (Wildman–Crippen LogP) is 3.01. The number of carbonyl (C=O) groups is 2. The number of hydrogen-bond donors (Lipinski definition) is 2. The van der Waals surface area contributed by atoms with Crippen LogP contribution in [0.15, 0.2) is 54.0 Å². The molecule has 4 rings (SSSR count). The highest BCUT2D eigenvalue weighted by atomic mass is 35.5. The quantitative estimate of drug-likeness (QED) is 0.551. The van der Waals surface area contributed by atoms with Crippen LogP contribution in [0.2, 0.25) is 5.02 Å². The monoisotopic (exact) mass is 470 g/mol. The molecule has 2 N–H and O–H groups in total. The van der Waals surface area contributed by atoms with Crippen LogP contribution < -0.4 is 10.6 Å². The van der Waals surface area contributed by atoms with Gasteiger partial charge in [0.05, 0.1) is 29.5 Å². The average Bonchev–Trinajstić information content (AvgIpc) is 3.28. The standard InChI is InChI=1S/C22H23ClN6O2S/c23-17-6-1-2-7-18(17)26-22-27-19(15-32-22)21(31)29-11-9-28(10-12-29)14-20(30)25-13-16-5-3-4-8-24-16/h1-8,15H,9-14H2,(H,25,30)(H,26,27). The van der Waals surface area contributed by atoms with Crippen LogP contribution in [0.4, 0.5) is 10.8 Å². The van der Waals surface area contributed by atoms with Crippen LogP contribution in [-0.2, 0) is 11.3 Å². The first kappa shape index (κ1) is 22.2. The molecule has 166 valence electrons. The second kappa shape index (κ2) is 10.5. The molecule has 2 amide bonds. The van der Waals surface area contributed by atoms with Gasteiger partial charge in [-0.05, 0) is 24.3 Å². The molecule has 1 aromatic carbocycles. The number of hydrogen-bond acceptors (Lipinski definition) is 7. The van der Waals surface area contributed by atoms with Gasteiger partial charge in [0.15, 0.2) is 5.13 Å². The van der Waals surface area contributed by atoms with E-state index in [4.69, 9.17) is 11.6 Å². The topological polar surface area (TPSA) is 90.5 Å². The smallest absolute Gasteiger partial charge is 0.273 e. The number of benzene rings is 1. The fourth-order valence-electron chi connectivity index (χ4n) is 3.33. The maximum absolute atomic E-state index is 12.8. The SMILES string of the molecule is O=C(CN1CCN(C(=O)c2csc(Nc3ccccc3Cl)n2)CC1)NCc1ccccn1. The van der Waals surface area contributed by atoms with Crippen molar-refractivity contribution in [1.29, 1.82) is 0 Å². The Balaban J connectivity index is 1.23. The number of nitrogens with zero attached hydrogens (tertiary/aromatic N) is 4. The first-order valence-electron chi connectivity index (χ1n) is 10.2. The Bertz CT molecular complexity index is 1070. The lowest BCUT2D eigenvalue weighted by Gasteiger charge is -2.33. The van der Waals surface area contributed by atoms with Gasteiger partial charge in [-0.3, -0.25) is 19.5 Å². The van der Waals surface area contributed by atoms with Crippen molar-refractivity contribution < 1.29 is 9.59 Å². The summed E-state index contributed by atoms with van der Waals surface area (Å²) in [6.07, 6.45) is 1.70. The van der Waals surface area contributed by atoms with E-state index < -0.39 is 0 Å². The second-order valence-electron chi connectivity index (χ2n) is 7.31. The van der Waals surface area contributed by atoms with Gasteiger partial charge in [0.1, 0.15) is 5.69 Å². The van der Waals surface area contributed by atoms with Crippen LogP contribution >= 0.6 is 22.9 Å². The number of piperazine rings is 1. The van der Waals surface area contributed by atoms with Gasteiger partial charge in [0.2, 0.25) is 5.91 Å². The number of amides is 2. The maximum Gasteiger partial charge on any atom is 0.273 e. The number of rotatable bonds is 7. The summed E-state index contributed by atoms with van der Waals surface area (Å²) in [6.45, 7) is 3.09. The molecule has 0 radical (unpaired) electrons. The lowest BCUT2D eigenvalue weighted by Crippen LogP contribution is -2.51. The highest BCUT2D eigenvalue weighted by molar-refractivity contribution is 7.14. The molecule has 1 aliphatic rings. The zero-order valence-electron chi connectivity index (χ0n) is 17.3. The van der Waals surface area contributed by atoms with E-state index in [1.807, 2.05) is 41.3 Å². The van der Waals surface area contributed by atoms with Gasteiger partial charge in [0.25, 0.3) is 5.91 Å². The van der Waals surface area contributed by atoms with Gasteiger partial charge in [0, 0.05) is 37.8 Å². The number of aromatic nitrogens is 2. The number of para-hydroxylation sites is 1. The molecular weight excluding hydrogens is 448 g/mol. The summed E-state index contributed by atoms with van der Waals surface area (Å²) in [4.78, 5) is 37.5. The van der Waals surface area contributed by atoms with Crippen molar-refractivity contribution >= 4 is 45.6 Å². The van der Waals surface area contributed by atoms with Crippen molar-refractivity contribution in [1.82, 2.24) is 25.1 Å². The van der Waals surface area contributed by atoms with Gasteiger partial charge in [-0.25, -0.2) is 4.98 Å². The molecular formula is C22H23ClN6O2S. The second-order valence-corrected chi connectivity index (χ2v) is 8.57. The van der Waals surface area contributed by atoms with E-state index in [0.717, 1.165) is 11.4 Å². The van der Waals surface area contributed by atoms with Gasteiger partial charge in [-0.2, -0.15) is 0 Å². The van der Waals surface area contributed by atoms with E-state index >= 15 is 0 Å². The third-order valence-electron chi connectivity index (χ3n) is 5.06. The highest BCUT2D eigenvalue weighted by Crippen LogP contribution is 2.27. The van der Waals surface area contributed by atoms with Gasteiger partial charge in [-0.15, -0.1) is 11.3 Å². The lowest BCUT2D eigenvalue weighted by atomic mass is 10.3. The number of thiazole rings is 1. The van der Waals surface area contributed by atoms with E-state index in [1.165, 1.54) is 11.3 Å². The molecule has 2 aromatic heterocycles. The molecule has 0 atom stereocenters. The summed E-state index contributed by atoms with van der Waals surface area (Å²) in [5.74, 6) is -0.155. The first-order chi connectivity index (χ1) is 15.6. The van der Waals surface area contributed by atoms with Crippen LogP contribution in [-0.4, -0.2) is 64.3 Å². The van der Waals surface area contributed by atoms with Crippen molar-refractivity contribution in [2.45, 2.75) is 6.54 Å². The minimum atomic E-state index is -0.104. The number of carbonyl (C=O) groups excluding carboxylic acids is 2. The molecule has 0 saturated carbocycles. The third-order valence-corrected chi connectivity index (χ3v) is 6.15. The van der Waals surface area contributed by atoms with Crippen molar-refractivity contribution in [3.05, 3.63) is 70.5 Å².